The zero-order valence-electron chi connectivity index (χ0n) is 18.0. The minimum Gasteiger partial charge on any atom is -0.492 e. The largest absolute Gasteiger partial charge is 0.492 e. The number of nitrogens with one attached hydrogen (secondary N) is 3. The van der Waals surface area contributed by atoms with Crippen LogP contribution < -0.4 is 20.7 Å². The normalized spacial score (nSPS) is 14.1. The summed E-state index contributed by atoms with van der Waals surface area (Å²) in [7, 11) is 3.40. The molecule has 2 rings (SSSR count). The predicted molar refractivity (Wildman–Crippen MR) is 115 cm³/mol. The Kier molecular flexibility index (Phi) is 10.3. The van der Waals surface area contributed by atoms with E-state index in [1.165, 1.54) is 4.90 Å². The summed E-state index contributed by atoms with van der Waals surface area (Å²) in [6.45, 7) is 2.06. The van der Waals surface area contributed by atoms with E-state index in [0.29, 0.717) is 32.2 Å². The van der Waals surface area contributed by atoms with Crippen molar-refractivity contribution < 1.29 is 19.1 Å². The average Bonchev–Trinajstić information content (AvgIpc) is 3.57. The van der Waals surface area contributed by atoms with Gasteiger partial charge in [0.25, 0.3) is 0 Å². The summed E-state index contributed by atoms with van der Waals surface area (Å²) >= 11 is 0. The maximum atomic E-state index is 12.5. The second kappa shape index (κ2) is 13.0. The third-order valence-corrected chi connectivity index (χ3v) is 5.06. The summed E-state index contributed by atoms with van der Waals surface area (Å²) < 4.78 is 5.95. The molecular weight excluding hydrogens is 384 g/mol. The number of ether oxygens (including phenoxy) is 1. The number of aryl methyl sites for hydroxylation is 1. The van der Waals surface area contributed by atoms with Crippen molar-refractivity contribution in [3.8, 4) is 5.75 Å². The number of aldehydes is 1. The van der Waals surface area contributed by atoms with E-state index in [-0.39, 0.29) is 24.4 Å². The van der Waals surface area contributed by atoms with E-state index in [2.05, 4.69) is 16.0 Å². The number of carbonyl (C=O) groups is 3. The number of nitrogens with zero attached hydrogens (tertiary/aromatic N) is 1. The van der Waals surface area contributed by atoms with Crippen LogP contribution in [0.25, 0.3) is 0 Å². The molecule has 1 unspecified atom stereocenters. The van der Waals surface area contributed by atoms with E-state index in [1.807, 2.05) is 24.3 Å². The Morgan fingerprint density at radius 3 is 2.73 bits per heavy atom. The molecule has 0 saturated heterocycles. The molecule has 0 spiro atoms. The molecule has 166 valence electrons. The molecule has 1 fully saturated rings. The molecule has 1 aromatic carbocycles. The van der Waals surface area contributed by atoms with Crippen LogP contribution in [0.4, 0.5) is 0 Å². The lowest BCUT2D eigenvalue weighted by Crippen LogP contribution is -2.48. The Morgan fingerprint density at radius 2 is 2.03 bits per heavy atom. The molecule has 0 aliphatic heterocycles. The van der Waals surface area contributed by atoms with Gasteiger partial charge in [-0.2, -0.15) is 0 Å². The Balaban J connectivity index is 1.75. The second-order valence-corrected chi connectivity index (χ2v) is 7.59. The molecule has 0 bridgehead atoms. The molecule has 1 saturated carbocycles. The van der Waals surface area contributed by atoms with E-state index in [1.54, 1.807) is 14.1 Å². The number of rotatable bonds is 15. The lowest BCUT2D eigenvalue weighted by molar-refractivity contribution is -0.134. The zero-order chi connectivity index (χ0) is 21.8. The molecule has 8 heteroatoms. The molecule has 1 atom stereocenters. The van der Waals surface area contributed by atoms with Crippen molar-refractivity contribution in [2.75, 3.05) is 46.9 Å². The van der Waals surface area contributed by atoms with Crippen LogP contribution in [0.15, 0.2) is 24.3 Å². The van der Waals surface area contributed by atoms with Crippen LogP contribution in [-0.4, -0.2) is 75.9 Å². The fraction of sp³-hybridized carbons (Fsp3) is 0.591. The second-order valence-electron chi connectivity index (χ2n) is 7.59. The van der Waals surface area contributed by atoms with Gasteiger partial charge >= 0.3 is 0 Å². The van der Waals surface area contributed by atoms with Gasteiger partial charge in [-0.1, -0.05) is 18.2 Å². The van der Waals surface area contributed by atoms with Crippen LogP contribution in [0.1, 0.15) is 24.8 Å². The van der Waals surface area contributed by atoms with E-state index in [4.69, 9.17) is 4.74 Å². The van der Waals surface area contributed by atoms with E-state index >= 15 is 0 Å². The first-order valence-corrected chi connectivity index (χ1v) is 10.6. The van der Waals surface area contributed by atoms with Gasteiger partial charge in [-0.05, 0) is 50.3 Å². The van der Waals surface area contributed by atoms with Crippen molar-refractivity contribution in [1.29, 1.82) is 0 Å². The quantitative estimate of drug-likeness (QED) is 0.281. The number of amides is 2. The number of hydrogen-bond acceptors (Lipinski definition) is 6. The Bertz CT molecular complexity index is 693. The van der Waals surface area contributed by atoms with Gasteiger partial charge in [0.2, 0.25) is 11.8 Å². The van der Waals surface area contributed by atoms with Crippen molar-refractivity contribution in [2.45, 2.75) is 31.7 Å². The molecule has 0 heterocycles. The summed E-state index contributed by atoms with van der Waals surface area (Å²) in [5.74, 6) is 1.13. The highest BCUT2D eigenvalue weighted by Gasteiger charge is 2.37. The number of likely N-dealkylation sites (N-methyl/N-ethyl adjacent to an activating group) is 2. The molecule has 2 amide bonds. The van der Waals surface area contributed by atoms with Gasteiger partial charge in [0, 0.05) is 20.1 Å². The van der Waals surface area contributed by atoms with Crippen LogP contribution >= 0.6 is 0 Å². The Hall–Kier alpha value is -2.45. The van der Waals surface area contributed by atoms with Crippen molar-refractivity contribution in [3.05, 3.63) is 29.8 Å². The smallest absolute Gasteiger partial charge is 0.240 e. The summed E-state index contributed by atoms with van der Waals surface area (Å²) in [4.78, 5) is 36.1. The first-order chi connectivity index (χ1) is 14.6. The first kappa shape index (κ1) is 23.8. The van der Waals surface area contributed by atoms with Crippen LogP contribution in [0.5, 0.6) is 5.75 Å². The number of hydrogen-bond donors (Lipinski definition) is 3. The molecular formula is C22H34N4O4. The highest BCUT2D eigenvalue weighted by Crippen LogP contribution is 2.33. The van der Waals surface area contributed by atoms with Gasteiger partial charge in [-0.25, -0.2) is 0 Å². The highest BCUT2D eigenvalue weighted by molar-refractivity contribution is 5.84. The first-order valence-electron chi connectivity index (χ1n) is 10.6. The highest BCUT2D eigenvalue weighted by atomic mass is 16.5. The minimum absolute atomic E-state index is 0.00772. The van der Waals surface area contributed by atoms with Crippen molar-refractivity contribution in [2.24, 2.45) is 5.92 Å². The molecule has 1 aliphatic carbocycles. The summed E-state index contributed by atoms with van der Waals surface area (Å²) in [6, 6.07) is 7.63. The molecule has 0 radical (unpaired) electrons. The van der Waals surface area contributed by atoms with Gasteiger partial charge in [-0.15, -0.1) is 0 Å². The van der Waals surface area contributed by atoms with Gasteiger partial charge in [0.1, 0.15) is 18.6 Å². The molecule has 3 N–H and O–H groups in total. The molecule has 8 nitrogen and oxygen atoms in total. The molecule has 30 heavy (non-hydrogen) atoms. The number of para-hydroxylation sites is 1. The minimum atomic E-state index is -0.255. The Labute approximate surface area is 178 Å². The summed E-state index contributed by atoms with van der Waals surface area (Å²) in [6.07, 6.45) is 4.45. The summed E-state index contributed by atoms with van der Waals surface area (Å²) in [5.41, 5.74) is 1.10. The van der Waals surface area contributed by atoms with E-state index in [9.17, 15) is 14.4 Å². The van der Waals surface area contributed by atoms with Gasteiger partial charge < -0.3 is 30.4 Å². The van der Waals surface area contributed by atoms with Crippen molar-refractivity contribution in [3.63, 3.8) is 0 Å². The third-order valence-electron chi connectivity index (χ3n) is 5.06. The number of benzene rings is 1. The van der Waals surface area contributed by atoms with Crippen molar-refractivity contribution >= 4 is 18.1 Å². The average molecular weight is 419 g/mol. The number of carbonyl (C=O) groups excluding carboxylic acids is 3. The van der Waals surface area contributed by atoms with E-state index < -0.39 is 0 Å². The van der Waals surface area contributed by atoms with E-state index in [0.717, 1.165) is 43.3 Å². The van der Waals surface area contributed by atoms with Gasteiger partial charge in [-0.3, -0.25) is 9.59 Å². The monoisotopic (exact) mass is 418 g/mol. The van der Waals surface area contributed by atoms with Crippen LogP contribution in [0.3, 0.4) is 0 Å². The fourth-order valence-electron chi connectivity index (χ4n) is 3.28. The topological polar surface area (TPSA) is 99.8 Å². The summed E-state index contributed by atoms with van der Waals surface area (Å²) in [5, 5.41) is 9.00. The van der Waals surface area contributed by atoms with Gasteiger partial charge in [0.05, 0.1) is 19.1 Å². The maximum absolute atomic E-state index is 12.5. The standard InChI is InChI=1S/C22H34N4O4/c1-23-16-20(28)24-11-5-7-17-6-3-4-8-19(17)30-15-12-25-21(18-9-10-18)22(29)26(2)13-14-27/h3-4,6,8,14,18,21,23,25H,5,7,9-13,15-16H2,1-2H3,(H,24,28). The third kappa shape index (κ3) is 8.12. The fourth-order valence-corrected chi connectivity index (χ4v) is 3.28. The van der Waals surface area contributed by atoms with Crippen LogP contribution in [-0.2, 0) is 20.8 Å². The SMILES string of the molecule is CNCC(=O)NCCCc1ccccc1OCCNC(C(=O)N(C)CC=O)C1CC1. The zero-order valence-corrected chi connectivity index (χ0v) is 18.0. The van der Waals surface area contributed by atoms with Crippen molar-refractivity contribution in [1.82, 2.24) is 20.9 Å². The van der Waals surface area contributed by atoms with Crippen LogP contribution in [0.2, 0.25) is 0 Å². The Morgan fingerprint density at radius 1 is 1.27 bits per heavy atom. The molecule has 1 aromatic rings. The van der Waals surface area contributed by atoms with Gasteiger partial charge in [0.15, 0.2) is 0 Å². The molecule has 0 aromatic heterocycles. The van der Waals surface area contributed by atoms with Crippen LogP contribution in [0, 0.1) is 5.92 Å². The predicted octanol–water partition coefficient (Wildman–Crippen LogP) is 0.359. The lowest BCUT2D eigenvalue weighted by atomic mass is 10.1. The lowest BCUT2D eigenvalue weighted by Gasteiger charge is -2.23. The molecule has 1 aliphatic rings. The maximum Gasteiger partial charge on any atom is 0.240 e.